The summed E-state index contributed by atoms with van der Waals surface area (Å²) in [5, 5.41) is 1.09. The summed E-state index contributed by atoms with van der Waals surface area (Å²) in [7, 11) is 3.36. The summed E-state index contributed by atoms with van der Waals surface area (Å²) < 4.78 is 10.6. The van der Waals surface area contributed by atoms with Gasteiger partial charge in [-0.2, -0.15) is 0 Å². The van der Waals surface area contributed by atoms with E-state index in [1.165, 1.54) is 0 Å². The molecule has 19 heavy (non-hydrogen) atoms. The van der Waals surface area contributed by atoms with Crippen molar-refractivity contribution in [2.75, 3.05) is 14.2 Å². The van der Waals surface area contributed by atoms with Gasteiger partial charge in [0.05, 0.1) is 14.2 Å². The molecule has 0 atom stereocenters. The summed E-state index contributed by atoms with van der Waals surface area (Å²) in [6.45, 7) is 0. The van der Waals surface area contributed by atoms with Gasteiger partial charge >= 0.3 is 0 Å². The van der Waals surface area contributed by atoms with Crippen molar-refractivity contribution in [3.63, 3.8) is 0 Å². The van der Waals surface area contributed by atoms with Crippen LogP contribution < -0.4 is 9.47 Å². The van der Waals surface area contributed by atoms with Gasteiger partial charge in [0.25, 0.3) is 0 Å². The Balaban J connectivity index is 2.15. The zero-order valence-corrected chi connectivity index (χ0v) is 10.9. The number of nitrogens with one attached hydrogen (secondary N) is 1. The van der Waals surface area contributed by atoms with Gasteiger partial charge in [-0.25, -0.2) is 0 Å². The van der Waals surface area contributed by atoms with Crippen LogP contribution in [-0.4, -0.2) is 19.2 Å². The van der Waals surface area contributed by atoms with E-state index in [0.717, 1.165) is 33.7 Å². The number of aromatic nitrogens is 1. The minimum Gasteiger partial charge on any atom is -0.497 e. The summed E-state index contributed by atoms with van der Waals surface area (Å²) in [6, 6.07) is 16.1. The monoisotopic (exact) mass is 253 g/mol. The molecule has 0 spiro atoms. The predicted octanol–water partition coefficient (Wildman–Crippen LogP) is 3.85. The molecule has 96 valence electrons. The summed E-state index contributed by atoms with van der Waals surface area (Å²) in [5.41, 5.74) is 3.22. The Kier molecular flexibility index (Phi) is 2.88. The molecule has 0 radical (unpaired) electrons. The minimum absolute atomic E-state index is 0.850. The summed E-state index contributed by atoms with van der Waals surface area (Å²) in [6.07, 6.45) is 0. The van der Waals surface area contributed by atoms with Crippen LogP contribution in [0.1, 0.15) is 0 Å². The predicted molar refractivity (Wildman–Crippen MR) is 76.8 cm³/mol. The highest BCUT2D eigenvalue weighted by molar-refractivity contribution is 5.90. The number of ether oxygens (including phenoxy) is 2. The molecule has 0 unspecified atom stereocenters. The fourth-order valence-corrected chi connectivity index (χ4v) is 2.25. The van der Waals surface area contributed by atoms with Crippen molar-refractivity contribution in [3.05, 3.63) is 48.5 Å². The van der Waals surface area contributed by atoms with Gasteiger partial charge < -0.3 is 14.5 Å². The maximum Gasteiger partial charge on any atom is 0.128 e. The van der Waals surface area contributed by atoms with Gasteiger partial charge in [-0.05, 0) is 30.3 Å². The van der Waals surface area contributed by atoms with Crippen LogP contribution in [0, 0.1) is 0 Å². The summed E-state index contributed by atoms with van der Waals surface area (Å²) in [4.78, 5) is 3.40. The lowest BCUT2D eigenvalue weighted by molar-refractivity contribution is 0.415. The van der Waals surface area contributed by atoms with Crippen LogP contribution in [0.5, 0.6) is 11.5 Å². The fourth-order valence-electron chi connectivity index (χ4n) is 2.25. The van der Waals surface area contributed by atoms with Crippen LogP contribution in [0.15, 0.2) is 48.5 Å². The summed E-state index contributed by atoms with van der Waals surface area (Å²) in [5.74, 6) is 1.73. The van der Waals surface area contributed by atoms with E-state index in [9.17, 15) is 0 Å². The number of hydrogen-bond donors (Lipinski definition) is 1. The van der Waals surface area contributed by atoms with E-state index in [2.05, 4.69) is 17.1 Å². The zero-order valence-electron chi connectivity index (χ0n) is 10.9. The molecule has 0 aliphatic carbocycles. The van der Waals surface area contributed by atoms with Crippen molar-refractivity contribution in [2.24, 2.45) is 0 Å². The van der Waals surface area contributed by atoms with Gasteiger partial charge in [0.1, 0.15) is 11.5 Å². The number of hydrogen-bond acceptors (Lipinski definition) is 2. The molecule has 3 aromatic rings. The average Bonchev–Trinajstić information content (AvgIpc) is 2.91. The molecule has 2 aromatic carbocycles. The topological polar surface area (TPSA) is 34.2 Å². The fraction of sp³-hybridized carbons (Fsp3) is 0.125. The number of methoxy groups -OCH3 is 2. The molecular formula is C16H15NO2. The van der Waals surface area contributed by atoms with Crippen LogP contribution in [0.2, 0.25) is 0 Å². The lowest BCUT2D eigenvalue weighted by Gasteiger charge is -2.02. The van der Waals surface area contributed by atoms with Crippen molar-refractivity contribution < 1.29 is 9.47 Å². The van der Waals surface area contributed by atoms with Crippen LogP contribution in [0.4, 0.5) is 0 Å². The first kappa shape index (κ1) is 11.7. The van der Waals surface area contributed by atoms with E-state index in [0.29, 0.717) is 0 Å². The SMILES string of the molecule is COc1cccc(-c2cc3c(OC)cccc3[nH]2)c1. The van der Waals surface area contributed by atoms with Crippen molar-refractivity contribution in [2.45, 2.75) is 0 Å². The smallest absolute Gasteiger partial charge is 0.128 e. The molecule has 1 aromatic heterocycles. The van der Waals surface area contributed by atoms with Gasteiger partial charge in [-0.3, -0.25) is 0 Å². The van der Waals surface area contributed by atoms with E-state index >= 15 is 0 Å². The zero-order chi connectivity index (χ0) is 13.2. The highest BCUT2D eigenvalue weighted by Gasteiger charge is 2.07. The molecule has 0 bridgehead atoms. The second-order valence-corrected chi connectivity index (χ2v) is 4.34. The van der Waals surface area contributed by atoms with Crippen LogP contribution in [0.3, 0.4) is 0 Å². The maximum atomic E-state index is 5.38. The molecule has 0 saturated carbocycles. The average molecular weight is 253 g/mol. The molecule has 3 heteroatoms. The van der Waals surface area contributed by atoms with E-state index in [1.54, 1.807) is 14.2 Å². The molecule has 0 aliphatic heterocycles. The first-order chi connectivity index (χ1) is 9.31. The first-order valence-electron chi connectivity index (χ1n) is 6.12. The molecule has 1 N–H and O–H groups in total. The molecule has 0 saturated heterocycles. The van der Waals surface area contributed by atoms with Crippen LogP contribution in [0.25, 0.3) is 22.2 Å². The number of benzene rings is 2. The van der Waals surface area contributed by atoms with Gasteiger partial charge in [-0.1, -0.05) is 18.2 Å². The standard InChI is InChI=1S/C16H15NO2/c1-18-12-6-3-5-11(9-12)15-10-13-14(17-15)7-4-8-16(13)19-2/h3-10,17H,1-2H3. The van der Waals surface area contributed by atoms with Crippen LogP contribution in [-0.2, 0) is 0 Å². The van der Waals surface area contributed by atoms with E-state index in [1.807, 2.05) is 36.4 Å². The third kappa shape index (κ3) is 2.03. The van der Waals surface area contributed by atoms with Crippen molar-refractivity contribution >= 4 is 10.9 Å². The van der Waals surface area contributed by atoms with E-state index in [-0.39, 0.29) is 0 Å². The Bertz CT molecular complexity index is 716. The first-order valence-corrected chi connectivity index (χ1v) is 6.12. The molecule has 0 aliphatic rings. The molecule has 3 rings (SSSR count). The van der Waals surface area contributed by atoms with E-state index in [4.69, 9.17) is 9.47 Å². The third-order valence-electron chi connectivity index (χ3n) is 3.22. The highest BCUT2D eigenvalue weighted by atomic mass is 16.5. The van der Waals surface area contributed by atoms with E-state index < -0.39 is 0 Å². The maximum absolute atomic E-state index is 5.38. The number of H-pyrrole nitrogens is 1. The highest BCUT2D eigenvalue weighted by Crippen LogP contribution is 2.31. The normalized spacial score (nSPS) is 10.6. The lowest BCUT2D eigenvalue weighted by Crippen LogP contribution is -1.83. The quantitative estimate of drug-likeness (QED) is 0.769. The van der Waals surface area contributed by atoms with Crippen LogP contribution >= 0.6 is 0 Å². The van der Waals surface area contributed by atoms with Gasteiger partial charge in [0.15, 0.2) is 0 Å². The molecule has 3 nitrogen and oxygen atoms in total. The Morgan fingerprint density at radius 2 is 1.74 bits per heavy atom. The Labute approximate surface area is 111 Å². The third-order valence-corrected chi connectivity index (χ3v) is 3.22. The Morgan fingerprint density at radius 3 is 2.53 bits per heavy atom. The largest absolute Gasteiger partial charge is 0.497 e. The number of aromatic amines is 1. The van der Waals surface area contributed by atoms with Crippen molar-refractivity contribution in [1.29, 1.82) is 0 Å². The minimum atomic E-state index is 0.850. The molecule has 1 heterocycles. The second-order valence-electron chi connectivity index (χ2n) is 4.34. The number of rotatable bonds is 3. The van der Waals surface area contributed by atoms with Crippen molar-refractivity contribution in [3.8, 4) is 22.8 Å². The summed E-state index contributed by atoms with van der Waals surface area (Å²) >= 11 is 0. The molecule has 0 fully saturated rings. The Hall–Kier alpha value is -2.42. The lowest BCUT2D eigenvalue weighted by atomic mass is 10.1. The molecular weight excluding hydrogens is 238 g/mol. The van der Waals surface area contributed by atoms with Gasteiger partial charge in [0.2, 0.25) is 0 Å². The Morgan fingerprint density at radius 1 is 0.895 bits per heavy atom. The number of fused-ring (bicyclic) bond motifs is 1. The second kappa shape index (κ2) is 4.69. The molecule has 0 amide bonds. The van der Waals surface area contributed by atoms with Gasteiger partial charge in [0, 0.05) is 22.2 Å². The van der Waals surface area contributed by atoms with Gasteiger partial charge in [-0.15, -0.1) is 0 Å². The van der Waals surface area contributed by atoms with Crippen molar-refractivity contribution in [1.82, 2.24) is 4.98 Å².